The van der Waals surface area contributed by atoms with Crippen molar-refractivity contribution in [1.82, 2.24) is 5.32 Å². The van der Waals surface area contributed by atoms with Gasteiger partial charge in [-0.3, -0.25) is 4.99 Å². The van der Waals surface area contributed by atoms with Gasteiger partial charge in [-0.2, -0.15) is 0 Å². The maximum atomic E-state index is 5.84. The molecular formula is C17H30IN3O2. The van der Waals surface area contributed by atoms with Crippen molar-refractivity contribution < 1.29 is 9.47 Å². The van der Waals surface area contributed by atoms with Gasteiger partial charge in [0.2, 0.25) is 0 Å². The van der Waals surface area contributed by atoms with E-state index in [2.05, 4.69) is 30.2 Å². The summed E-state index contributed by atoms with van der Waals surface area (Å²) in [5, 5.41) is 3.13. The largest absolute Gasteiger partial charge is 0.493 e. The molecule has 1 aromatic carbocycles. The minimum absolute atomic E-state index is 0. The second-order valence-electron chi connectivity index (χ2n) is 5.50. The highest BCUT2D eigenvalue weighted by molar-refractivity contribution is 14.0. The third kappa shape index (κ3) is 8.29. The Morgan fingerprint density at radius 2 is 1.96 bits per heavy atom. The molecule has 6 heteroatoms. The Balaban J connectivity index is 0.00000484. The molecule has 0 fully saturated rings. The van der Waals surface area contributed by atoms with E-state index in [4.69, 9.17) is 15.2 Å². The number of aliphatic imine (C=N–C) groups is 1. The van der Waals surface area contributed by atoms with Gasteiger partial charge in [0, 0.05) is 13.1 Å². The molecule has 1 atom stereocenters. The van der Waals surface area contributed by atoms with Crippen LogP contribution in [0.2, 0.25) is 0 Å². The highest BCUT2D eigenvalue weighted by atomic mass is 127. The molecule has 23 heavy (non-hydrogen) atoms. The number of unbranched alkanes of at least 4 members (excludes halogenated alkanes) is 1. The maximum absolute atomic E-state index is 5.84. The lowest BCUT2D eigenvalue weighted by molar-refractivity contribution is 0.354. The number of nitrogens with one attached hydrogen (secondary N) is 1. The number of ether oxygens (including phenoxy) is 2. The monoisotopic (exact) mass is 435 g/mol. The van der Waals surface area contributed by atoms with Gasteiger partial charge in [-0.05, 0) is 36.5 Å². The summed E-state index contributed by atoms with van der Waals surface area (Å²) >= 11 is 0. The lowest BCUT2D eigenvalue weighted by atomic mass is 10.0. The second kappa shape index (κ2) is 12.3. The average molecular weight is 435 g/mol. The third-order valence-corrected chi connectivity index (χ3v) is 3.44. The fourth-order valence-electron chi connectivity index (χ4n) is 2.18. The van der Waals surface area contributed by atoms with Crippen molar-refractivity contribution in [1.29, 1.82) is 0 Å². The molecule has 132 valence electrons. The van der Waals surface area contributed by atoms with Gasteiger partial charge in [-0.25, -0.2) is 0 Å². The van der Waals surface area contributed by atoms with Crippen molar-refractivity contribution in [3.8, 4) is 11.5 Å². The number of methoxy groups -OCH3 is 2. The smallest absolute Gasteiger partial charge is 0.188 e. The van der Waals surface area contributed by atoms with Crippen LogP contribution in [0.15, 0.2) is 23.2 Å². The molecule has 0 radical (unpaired) electrons. The Morgan fingerprint density at radius 1 is 1.26 bits per heavy atom. The molecule has 1 aromatic rings. The van der Waals surface area contributed by atoms with Crippen LogP contribution in [-0.4, -0.2) is 33.3 Å². The van der Waals surface area contributed by atoms with Crippen molar-refractivity contribution in [2.24, 2.45) is 16.6 Å². The molecule has 0 bridgehead atoms. The minimum atomic E-state index is 0. The van der Waals surface area contributed by atoms with Crippen molar-refractivity contribution in [2.75, 3.05) is 27.3 Å². The fraction of sp³-hybridized carbons (Fsp3) is 0.588. The number of hydrogen-bond donors (Lipinski definition) is 2. The molecule has 0 aromatic heterocycles. The zero-order valence-electron chi connectivity index (χ0n) is 14.6. The van der Waals surface area contributed by atoms with Crippen molar-refractivity contribution in [3.63, 3.8) is 0 Å². The molecular weight excluding hydrogens is 405 g/mol. The molecule has 0 spiro atoms. The van der Waals surface area contributed by atoms with Crippen LogP contribution >= 0.6 is 24.0 Å². The van der Waals surface area contributed by atoms with Gasteiger partial charge < -0.3 is 20.5 Å². The first kappa shape index (κ1) is 21.8. The highest BCUT2D eigenvalue weighted by Gasteiger charge is 2.08. The molecule has 0 aliphatic carbocycles. The lowest BCUT2D eigenvalue weighted by Gasteiger charge is -2.13. The van der Waals surface area contributed by atoms with Gasteiger partial charge in [0.15, 0.2) is 17.5 Å². The van der Waals surface area contributed by atoms with Crippen molar-refractivity contribution in [3.05, 3.63) is 23.8 Å². The van der Waals surface area contributed by atoms with Crippen molar-refractivity contribution >= 4 is 29.9 Å². The average Bonchev–Trinajstić information content (AvgIpc) is 2.53. The first-order valence-electron chi connectivity index (χ1n) is 7.85. The van der Waals surface area contributed by atoms with Crippen LogP contribution in [0.1, 0.15) is 32.3 Å². The van der Waals surface area contributed by atoms with Gasteiger partial charge in [-0.15, -0.1) is 24.0 Å². The number of rotatable bonds is 9. The summed E-state index contributed by atoms with van der Waals surface area (Å²) in [5.74, 6) is 2.45. The molecule has 0 saturated heterocycles. The van der Waals surface area contributed by atoms with Crippen molar-refractivity contribution in [2.45, 2.75) is 33.1 Å². The molecule has 0 heterocycles. The first-order chi connectivity index (χ1) is 10.6. The Morgan fingerprint density at radius 3 is 2.57 bits per heavy atom. The van der Waals surface area contributed by atoms with Crippen LogP contribution in [0.4, 0.5) is 0 Å². The fourth-order valence-corrected chi connectivity index (χ4v) is 2.18. The second-order valence-corrected chi connectivity index (χ2v) is 5.50. The Labute approximate surface area is 157 Å². The van der Waals surface area contributed by atoms with Crippen LogP contribution in [0.25, 0.3) is 0 Å². The van der Waals surface area contributed by atoms with Gasteiger partial charge in [0.25, 0.3) is 0 Å². The molecule has 0 aliphatic rings. The maximum Gasteiger partial charge on any atom is 0.188 e. The minimum Gasteiger partial charge on any atom is -0.493 e. The molecule has 3 N–H and O–H groups in total. The van der Waals surface area contributed by atoms with E-state index in [1.54, 1.807) is 14.2 Å². The summed E-state index contributed by atoms with van der Waals surface area (Å²) in [4.78, 5) is 4.40. The summed E-state index contributed by atoms with van der Waals surface area (Å²) in [7, 11) is 3.29. The quantitative estimate of drug-likeness (QED) is 0.271. The van der Waals surface area contributed by atoms with E-state index in [1.165, 1.54) is 5.56 Å². The molecule has 1 rings (SSSR count). The number of halogens is 1. The normalized spacial score (nSPS) is 12.3. The Hall–Kier alpha value is -1.18. The van der Waals surface area contributed by atoms with E-state index in [0.717, 1.165) is 37.3 Å². The van der Waals surface area contributed by atoms with E-state index in [1.807, 2.05) is 12.1 Å². The number of nitrogens with two attached hydrogens (primary N) is 1. The summed E-state index contributed by atoms with van der Waals surface area (Å²) in [6.45, 7) is 5.91. The van der Waals surface area contributed by atoms with E-state index < -0.39 is 0 Å². The SMILES string of the molecule is CCCCNC(N)=NCC(C)Cc1ccc(OC)c(OC)c1.I. The predicted octanol–water partition coefficient (Wildman–Crippen LogP) is 3.20. The van der Waals surface area contributed by atoms with E-state index >= 15 is 0 Å². The number of benzene rings is 1. The van der Waals surface area contributed by atoms with Crippen LogP contribution in [0.3, 0.4) is 0 Å². The third-order valence-electron chi connectivity index (χ3n) is 3.44. The Kier molecular flexibility index (Phi) is 11.6. The summed E-state index contributed by atoms with van der Waals surface area (Å²) in [6, 6.07) is 6.01. The standard InChI is InChI=1S/C17H29N3O2.HI/c1-5-6-9-19-17(18)20-12-13(2)10-14-7-8-15(21-3)16(11-14)22-4;/h7-8,11,13H,5-6,9-10,12H2,1-4H3,(H3,18,19,20);1H. The zero-order chi connectivity index (χ0) is 16.4. The number of nitrogens with zero attached hydrogens (tertiary/aromatic N) is 1. The molecule has 0 aliphatic heterocycles. The predicted molar refractivity (Wildman–Crippen MR) is 107 cm³/mol. The molecule has 0 saturated carbocycles. The number of guanidine groups is 1. The van der Waals surface area contributed by atoms with Gasteiger partial charge >= 0.3 is 0 Å². The highest BCUT2D eigenvalue weighted by Crippen LogP contribution is 2.28. The van der Waals surface area contributed by atoms with Crippen LogP contribution in [0, 0.1) is 5.92 Å². The summed E-state index contributed by atoms with van der Waals surface area (Å²) in [6.07, 6.45) is 3.18. The first-order valence-corrected chi connectivity index (χ1v) is 7.85. The summed E-state index contributed by atoms with van der Waals surface area (Å²) < 4.78 is 10.6. The van der Waals surface area contributed by atoms with Gasteiger partial charge in [-0.1, -0.05) is 26.3 Å². The van der Waals surface area contributed by atoms with Crippen LogP contribution in [-0.2, 0) is 6.42 Å². The van der Waals surface area contributed by atoms with Crippen LogP contribution < -0.4 is 20.5 Å². The van der Waals surface area contributed by atoms with Crippen LogP contribution in [0.5, 0.6) is 11.5 Å². The summed E-state index contributed by atoms with van der Waals surface area (Å²) in [5.41, 5.74) is 7.05. The molecule has 1 unspecified atom stereocenters. The van der Waals surface area contributed by atoms with E-state index in [9.17, 15) is 0 Å². The molecule has 5 nitrogen and oxygen atoms in total. The lowest BCUT2D eigenvalue weighted by Crippen LogP contribution is -2.32. The zero-order valence-corrected chi connectivity index (χ0v) is 16.9. The van der Waals surface area contributed by atoms with E-state index in [0.29, 0.717) is 18.4 Å². The van der Waals surface area contributed by atoms with Gasteiger partial charge in [0.05, 0.1) is 14.2 Å². The Bertz CT molecular complexity index is 481. The topological polar surface area (TPSA) is 68.9 Å². The molecule has 0 amide bonds. The number of hydrogen-bond acceptors (Lipinski definition) is 3. The van der Waals surface area contributed by atoms with Gasteiger partial charge in [0.1, 0.15) is 0 Å². The van der Waals surface area contributed by atoms with E-state index in [-0.39, 0.29) is 24.0 Å².